The van der Waals surface area contributed by atoms with Crippen molar-refractivity contribution in [2.45, 2.75) is 18.7 Å². The fraction of sp³-hybridized carbons (Fsp3) is 0.300. The molecule has 1 aromatic rings. The molecule has 0 spiro atoms. The van der Waals surface area contributed by atoms with E-state index in [0.29, 0.717) is 0 Å². The van der Waals surface area contributed by atoms with Crippen LogP contribution in [-0.4, -0.2) is 10.7 Å². The zero-order valence-corrected chi connectivity index (χ0v) is 9.49. The van der Waals surface area contributed by atoms with Crippen molar-refractivity contribution in [1.82, 2.24) is 0 Å². The Morgan fingerprint density at radius 3 is 2.14 bits per heavy atom. The molecular weight excluding hydrogens is 221 g/mol. The van der Waals surface area contributed by atoms with E-state index in [1.165, 1.54) is 0 Å². The molecule has 0 radical (unpaired) electrons. The molecule has 1 rings (SSSR count). The van der Waals surface area contributed by atoms with Gasteiger partial charge in [-0.1, -0.05) is 29.3 Å². The van der Waals surface area contributed by atoms with Crippen LogP contribution in [0.1, 0.15) is 11.1 Å². The van der Waals surface area contributed by atoms with Crippen LogP contribution in [0.3, 0.4) is 0 Å². The Morgan fingerprint density at radius 2 is 1.71 bits per heavy atom. The molecule has 0 bridgehead atoms. The number of carbonyl (C=O) groups excluding carboxylic acids is 1. The summed E-state index contributed by atoms with van der Waals surface area (Å²) in [4.78, 5) is 10.1. The smallest absolute Gasteiger partial charge is 0.257 e. The minimum Gasteiger partial charge on any atom is -0.324 e. The third-order valence-electron chi connectivity index (χ3n) is 1.69. The number of halogens is 2. The van der Waals surface area contributed by atoms with Crippen molar-refractivity contribution in [3.63, 3.8) is 0 Å². The van der Waals surface area contributed by atoms with E-state index in [4.69, 9.17) is 23.2 Å². The van der Waals surface area contributed by atoms with Crippen molar-refractivity contribution < 1.29 is 4.79 Å². The molecule has 0 aliphatic carbocycles. The van der Waals surface area contributed by atoms with Crippen molar-refractivity contribution in [2.75, 3.05) is 5.32 Å². The predicted molar refractivity (Wildman–Crippen MR) is 60.0 cm³/mol. The number of hydrogen-bond donors (Lipinski definition) is 1. The molecule has 1 amide bonds. The van der Waals surface area contributed by atoms with Crippen LogP contribution in [0.5, 0.6) is 0 Å². The second kappa shape index (κ2) is 4.67. The lowest BCUT2D eigenvalue weighted by Crippen LogP contribution is -2.18. The summed E-state index contributed by atoms with van der Waals surface area (Å²) in [6, 6.07) is 5.75. The average molecular weight is 232 g/mol. The molecule has 0 heterocycles. The average Bonchev–Trinajstić information content (AvgIpc) is 2.01. The number of carbonyl (C=O) groups is 1. The molecule has 4 heteroatoms. The van der Waals surface area contributed by atoms with E-state index in [9.17, 15) is 4.79 Å². The normalized spacial score (nSPS) is 10.4. The maximum absolute atomic E-state index is 11.2. The Labute approximate surface area is 93.2 Å². The summed E-state index contributed by atoms with van der Waals surface area (Å²) in [5, 5.41) is 2.62. The Bertz CT molecular complexity index is 330. The van der Waals surface area contributed by atoms with Crippen LogP contribution in [0, 0.1) is 13.8 Å². The molecule has 76 valence electrons. The summed E-state index contributed by atoms with van der Waals surface area (Å²) in [5.74, 6) is -0.404. The molecule has 1 N–H and O–H groups in total. The second-order valence-electron chi connectivity index (χ2n) is 3.17. The molecule has 14 heavy (non-hydrogen) atoms. The Kier molecular flexibility index (Phi) is 3.78. The highest BCUT2D eigenvalue weighted by atomic mass is 35.5. The van der Waals surface area contributed by atoms with Crippen molar-refractivity contribution >= 4 is 34.8 Å². The highest BCUT2D eigenvalue weighted by Gasteiger charge is 2.11. The minimum atomic E-state index is -1.03. The lowest BCUT2D eigenvalue weighted by Gasteiger charge is -2.07. The molecule has 2 nitrogen and oxygen atoms in total. The van der Waals surface area contributed by atoms with Gasteiger partial charge in [-0.3, -0.25) is 4.79 Å². The van der Waals surface area contributed by atoms with E-state index in [-0.39, 0.29) is 0 Å². The molecule has 0 saturated heterocycles. The van der Waals surface area contributed by atoms with Gasteiger partial charge in [-0.05, 0) is 37.1 Å². The fourth-order valence-corrected chi connectivity index (χ4v) is 1.35. The van der Waals surface area contributed by atoms with Crippen LogP contribution >= 0.6 is 23.2 Å². The molecule has 0 aromatic heterocycles. The Morgan fingerprint density at radius 1 is 1.21 bits per heavy atom. The number of nitrogens with one attached hydrogen (secondary N) is 1. The third kappa shape index (κ3) is 3.20. The SMILES string of the molecule is Cc1cc(C)cc(NC(=O)C(Cl)Cl)c1. The first-order valence-electron chi connectivity index (χ1n) is 4.16. The van der Waals surface area contributed by atoms with E-state index < -0.39 is 10.7 Å². The van der Waals surface area contributed by atoms with Gasteiger partial charge in [0.05, 0.1) is 0 Å². The van der Waals surface area contributed by atoms with Crippen LogP contribution in [-0.2, 0) is 4.79 Å². The van der Waals surface area contributed by atoms with Gasteiger partial charge in [0.1, 0.15) is 0 Å². The highest BCUT2D eigenvalue weighted by Crippen LogP contribution is 2.15. The zero-order valence-electron chi connectivity index (χ0n) is 7.97. The summed E-state index contributed by atoms with van der Waals surface area (Å²) in [6.45, 7) is 3.92. The van der Waals surface area contributed by atoms with Crippen LogP contribution in [0.2, 0.25) is 0 Å². The van der Waals surface area contributed by atoms with Crippen LogP contribution in [0.25, 0.3) is 0 Å². The lowest BCUT2D eigenvalue weighted by atomic mass is 10.1. The van der Waals surface area contributed by atoms with Crippen LogP contribution in [0.15, 0.2) is 18.2 Å². The summed E-state index contributed by atoms with van der Waals surface area (Å²) in [7, 11) is 0. The van der Waals surface area contributed by atoms with Crippen molar-refractivity contribution in [3.05, 3.63) is 29.3 Å². The van der Waals surface area contributed by atoms with Crippen molar-refractivity contribution in [3.8, 4) is 0 Å². The number of aryl methyl sites for hydroxylation is 2. The summed E-state index contributed by atoms with van der Waals surface area (Å²) in [6.07, 6.45) is 0. The second-order valence-corrected chi connectivity index (χ2v) is 4.26. The monoisotopic (exact) mass is 231 g/mol. The van der Waals surface area contributed by atoms with Crippen LogP contribution < -0.4 is 5.32 Å². The first kappa shape index (κ1) is 11.3. The van der Waals surface area contributed by atoms with Gasteiger partial charge in [0.25, 0.3) is 5.91 Å². The number of amides is 1. The Balaban J connectivity index is 2.82. The van der Waals surface area contributed by atoms with Crippen molar-refractivity contribution in [1.29, 1.82) is 0 Å². The zero-order chi connectivity index (χ0) is 10.7. The largest absolute Gasteiger partial charge is 0.324 e. The molecule has 0 aliphatic heterocycles. The summed E-state index contributed by atoms with van der Waals surface area (Å²) in [5.41, 5.74) is 2.89. The lowest BCUT2D eigenvalue weighted by molar-refractivity contribution is -0.114. The van der Waals surface area contributed by atoms with E-state index in [0.717, 1.165) is 16.8 Å². The van der Waals surface area contributed by atoms with E-state index in [1.807, 2.05) is 32.0 Å². The number of hydrogen-bond acceptors (Lipinski definition) is 1. The van der Waals surface area contributed by atoms with Gasteiger partial charge in [0.2, 0.25) is 0 Å². The molecule has 0 atom stereocenters. The molecule has 0 saturated carbocycles. The number of benzene rings is 1. The van der Waals surface area contributed by atoms with Gasteiger partial charge < -0.3 is 5.32 Å². The summed E-state index contributed by atoms with van der Waals surface area (Å²) >= 11 is 10.8. The number of anilines is 1. The van der Waals surface area contributed by atoms with E-state index in [2.05, 4.69) is 5.32 Å². The number of alkyl halides is 2. The molecule has 0 fully saturated rings. The summed E-state index contributed by atoms with van der Waals surface area (Å²) < 4.78 is 0. The van der Waals surface area contributed by atoms with Crippen LogP contribution in [0.4, 0.5) is 5.69 Å². The predicted octanol–water partition coefficient (Wildman–Crippen LogP) is 3.05. The first-order chi connectivity index (χ1) is 6.49. The van der Waals surface area contributed by atoms with Gasteiger partial charge in [-0.25, -0.2) is 0 Å². The van der Waals surface area contributed by atoms with Gasteiger partial charge in [0.15, 0.2) is 4.84 Å². The molecule has 0 aliphatic rings. The molecule has 1 aromatic carbocycles. The first-order valence-corrected chi connectivity index (χ1v) is 5.03. The van der Waals surface area contributed by atoms with Gasteiger partial charge >= 0.3 is 0 Å². The molecule has 0 unspecified atom stereocenters. The maximum Gasteiger partial charge on any atom is 0.257 e. The number of rotatable bonds is 2. The highest BCUT2D eigenvalue weighted by molar-refractivity contribution is 6.54. The quantitative estimate of drug-likeness (QED) is 0.780. The fourth-order valence-electron chi connectivity index (χ4n) is 1.24. The third-order valence-corrected chi connectivity index (χ3v) is 2.08. The standard InChI is InChI=1S/C10H11Cl2NO/c1-6-3-7(2)5-8(4-6)13-10(14)9(11)12/h3-5,9H,1-2H3,(H,13,14). The molecular formula is C10H11Cl2NO. The van der Waals surface area contributed by atoms with Gasteiger partial charge in [-0.15, -0.1) is 0 Å². The van der Waals surface area contributed by atoms with E-state index >= 15 is 0 Å². The topological polar surface area (TPSA) is 29.1 Å². The Hall–Kier alpha value is -0.730. The minimum absolute atomic E-state index is 0.404. The van der Waals surface area contributed by atoms with Crippen molar-refractivity contribution in [2.24, 2.45) is 0 Å². The van der Waals surface area contributed by atoms with Gasteiger partial charge in [0, 0.05) is 5.69 Å². The van der Waals surface area contributed by atoms with Gasteiger partial charge in [-0.2, -0.15) is 0 Å². The maximum atomic E-state index is 11.2. The van der Waals surface area contributed by atoms with E-state index in [1.54, 1.807) is 0 Å².